The molecule has 0 rings (SSSR count). The molecule has 4 nitrogen and oxygen atoms in total. The van der Waals surface area contributed by atoms with Crippen LogP contribution in [0, 0.1) is 5.41 Å². The Balaban J connectivity index is 4.12. The fourth-order valence-electron chi connectivity index (χ4n) is 1.77. The van der Waals surface area contributed by atoms with Gasteiger partial charge in [-0.1, -0.05) is 20.8 Å². The van der Waals surface area contributed by atoms with E-state index in [-0.39, 0.29) is 5.91 Å². The van der Waals surface area contributed by atoms with Gasteiger partial charge in [-0.2, -0.15) is 11.8 Å². The first-order chi connectivity index (χ1) is 9.52. The van der Waals surface area contributed by atoms with Gasteiger partial charge in [-0.05, 0) is 30.9 Å². The van der Waals surface area contributed by atoms with Crippen molar-refractivity contribution in [3.63, 3.8) is 0 Å². The van der Waals surface area contributed by atoms with Crippen molar-refractivity contribution < 1.29 is 9.53 Å². The topological polar surface area (TPSA) is 55.6 Å². The van der Waals surface area contributed by atoms with Crippen LogP contribution in [0.4, 0.5) is 0 Å². The Morgan fingerprint density at radius 2 is 1.90 bits per heavy atom. The highest BCUT2D eigenvalue weighted by atomic mass is 32.2. The number of carbonyl (C=O) groups excluding carboxylic acids is 1. The van der Waals surface area contributed by atoms with Gasteiger partial charge in [0.25, 0.3) is 0 Å². The third-order valence-corrected chi connectivity index (χ3v) is 5.20. The Morgan fingerprint density at radius 1 is 1.25 bits per heavy atom. The SMILES string of the molecule is CCOCCN(CCN)C(=O)CSCC(C)(CC)CC. The predicted octanol–water partition coefficient (Wildman–Crippen LogP) is 2.37. The zero-order chi connectivity index (χ0) is 15.4. The van der Waals surface area contributed by atoms with E-state index in [0.29, 0.717) is 44.0 Å². The number of nitrogens with two attached hydrogens (primary N) is 1. The Hall–Kier alpha value is -0.260. The fourth-order valence-corrected chi connectivity index (χ4v) is 3.13. The summed E-state index contributed by atoms with van der Waals surface area (Å²) in [6.45, 7) is 11.7. The maximum absolute atomic E-state index is 12.2. The molecule has 0 atom stereocenters. The minimum absolute atomic E-state index is 0.176. The van der Waals surface area contributed by atoms with Crippen LogP contribution in [0.25, 0.3) is 0 Å². The molecular formula is C15H32N2O2S. The molecule has 0 aliphatic rings. The summed E-state index contributed by atoms with van der Waals surface area (Å²) < 4.78 is 5.31. The normalized spacial score (nSPS) is 11.7. The minimum atomic E-state index is 0.176. The average molecular weight is 305 g/mol. The third kappa shape index (κ3) is 8.12. The first-order valence-corrected chi connectivity index (χ1v) is 8.81. The molecule has 0 radical (unpaired) electrons. The number of amides is 1. The van der Waals surface area contributed by atoms with Crippen molar-refractivity contribution in [1.82, 2.24) is 4.90 Å². The third-order valence-electron chi connectivity index (χ3n) is 3.84. The van der Waals surface area contributed by atoms with Crippen LogP contribution in [0.2, 0.25) is 0 Å². The monoisotopic (exact) mass is 304 g/mol. The molecule has 120 valence electrons. The number of rotatable bonds is 12. The van der Waals surface area contributed by atoms with Gasteiger partial charge in [0.2, 0.25) is 5.91 Å². The first-order valence-electron chi connectivity index (χ1n) is 7.66. The van der Waals surface area contributed by atoms with Crippen LogP contribution in [0.3, 0.4) is 0 Å². The van der Waals surface area contributed by atoms with Gasteiger partial charge in [-0.15, -0.1) is 0 Å². The van der Waals surface area contributed by atoms with Crippen LogP contribution in [0.15, 0.2) is 0 Å². The van der Waals surface area contributed by atoms with Crippen molar-refractivity contribution in [3.05, 3.63) is 0 Å². The van der Waals surface area contributed by atoms with Crippen LogP contribution in [0.5, 0.6) is 0 Å². The Morgan fingerprint density at radius 3 is 2.40 bits per heavy atom. The molecule has 0 fully saturated rings. The number of hydrogen-bond donors (Lipinski definition) is 1. The highest BCUT2D eigenvalue weighted by Crippen LogP contribution is 2.29. The molecule has 0 spiro atoms. The van der Waals surface area contributed by atoms with E-state index in [1.807, 2.05) is 11.8 Å². The van der Waals surface area contributed by atoms with Gasteiger partial charge in [0.15, 0.2) is 0 Å². The van der Waals surface area contributed by atoms with E-state index in [1.165, 1.54) is 0 Å². The van der Waals surface area contributed by atoms with Gasteiger partial charge in [0.1, 0.15) is 0 Å². The van der Waals surface area contributed by atoms with Crippen LogP contribution in [-0.2, 0) is 9.53 Å². The van der Waals surface area contributed by atoms with E-state index in [2.05, 4.69) is 20.8 Å². The van der Waals surface area contributed by atoms with Crippen LogP contribution >= 0.6 is 11.8 Å². The molecule has 20 heavy (non-hydrogen) atoms. The summed E-state index contributed by atoms with van der Waals surface area (Å²) in [6, 6.07) is 0. The van der Waals surface area contributed by atoms with Gasteiger partial charge >= 0.3 is 0 Å². The van der Waals surface area contributed by atoms with Crippen molar-refractivity contribution in [2.45, 2.75) is 40.5 Å². The van der Waals surface area contributed by atoms with Crippen molar-refractivity contribution in [2.24, 2.45) is 11.1 Å². The molecule has 1 amide bonds. The number of thioether (sulfide) groups is 1. The molecule has 0 bridgehead atoms. The van der Waals surface area contributed by atoms with E-state index in [0.717, 1.165) is 18.6 Å². The lowest BCUT2D eigenvalue weighted by atomic mass is 9.87. The highest BCUT2D eigenvalue weighted by Gasteiger charge is 2.21. The molecule has 0 aromatic rings. The molecule has 0 saturated carbocycles. The van der Waals surface area contributed by atoms with Crippen LogP contribution in [0.1, 0.15) is 40.5 Å². The zero-order valence-electron chi connectivity index (χ0n) is 13.6. The van der Waals surface area contributed by atoms with E-state index in [9.17, 15) is 4.79 Å². The minimum Gasteiger partial charge on any atom is -0.380 e. The zero-order valence-corrected chi connectivity index (χ0v) is 14.4. The second-order valence-corrected chi connectivity index (χ2v) is 6.36. The van der Waals surface area contributed by atoms with Crippen molar-refractivity contribution in [2.75, 3.05) is 44.4 Å². The number of hydrogen-bond acceptors (Lipinski definition) is 4. The standard InChI is InChI=1S/C15H32N2O2S/c1-5-15(4,6-2)13-20-12-14(18)17(9-8-16)10-11-19-7-3/h5-13,16H2,1-4H3. The molecule has 0 aromatic carbocycles. The largest absolute Gasteiger partial charge is 0.380 e. The van der Waals surface area contributed by atoms with Crippen molar-refractivity contribution in [1.29, 1.82) is 0 Å². The average Bonchev–Trinajstić information content (AvgIpc) is 2.46. The maximum Gasteiger partial charge on any atom is 0.232 e. The lowest BCUT2D eigenvalue weighted by molar-refractivity contribution is -0.129. The lowest BCUT2D eigenvalue weighted by Crippen LogP contribution is -2.39. The summed E-state index contributed by atoms with van der Waals surface area (Å²) in [6.07, 6.45) is 2.31. The lowest BCUT2D eigenvalue weighted by Gasteiger charge is -2.27. The number of ether oxygens (including phenoxy) is 1. The van der Waals surface area contributed by atoms with E-state index >= 15 is 0 Å². The quantitative estimate of drug-likeness (QED) is 0.562. The molecule has 0 aromatic heterocycles. The number of carbonyl (C=O) groups is 1. The molecule has 0 aliphatic heterocycles. The van der Waals surface area contributed by atoms with E-state index in [4.69, 9.17) is 10.5 Å². The molecule has 0 heterocycles. The van der Waals surface area contributed by atoms with E-state index in [1.54, 1.807) is 11.8 Å². The van der Waals surface area contributed by atoms with Crippen LogP contribution < -0.4 is 5.73 Å². The van der Waals surface area contributed by atoms with E-state index < -0.39 is 0 Å². The molecule has 0 saturated heterocycles. The molecule has 2 N–H and O–H groups in total. The maximum atomic E-state index is 12.2. The Kier molecular flexibility index (Phi) is 11.3. The van der Waals surface area contributed by atoms with Gasteiger partial charge in [-0.25, -0.2) is 0 Å². The Bertz CT molecular complexity index is 258. The van der Waals surface area contributed by atoms with Crippen molar-refractivity contribution in [3.8, 4) is 0 Å². The Labute approximate surface area is 128 Å². The second-order valence-electron chi connectivity index (χ2n) is 5.38. The summed E-state index contributed by atoms with van der Waals surface area (Å²) in [7, 11) is 0. The highest BCUT2D eigenvalue weighted by molar-refractivity contribution is 7.99. The van der Waals surface area contributed by atoms with Gasteiger partial charge in [-0.3, -0.25) is 4.79 Å². The molecule has 5 heteroatoms. The summed E-state index contributed by atoms with van der Waals surface area (Å²) in [5.74, 6) is 1.75. The smallest absolute Gasteiger partial charge is 0.232 e. The molecular weight excluding hydrogens is 272 g/mol. The molecule has 0 unspecified atom stereocenters. The summed E-state index contributed by atoms with van der Waals surface area (Å²) >= 11 is 1.74. The van der Waals surface area contributed by atoms with Crippen molar-refractivity contribution >= 4 is 17.7 Å². The fraction of sp³-hybridized carbons (Fsp3) is 0.933. The van der Waals surface area contributed by atoms with Gasteiger partial charge in [0.05, 0.1) is 12.4 Å². The summed E-state index contributed by atoms with van der Waals surface area (Å²) in [5.41, 5.74) is 5.91. The second kappa shape index (κ2) is 11.4. The van der Waals surface area contributed by atoms with Gasteiger partial charge in [0, 0.05) is 26.2 Å². The van der Waals surface area contributed by atoms with Crippen LogP contribution in [-0.4, -0.2) is 55.2 Å². The van der Waals surface area contributed by atoms with Gasteiger partial charge < -0.3 is 15.4 Å². The first kappa shape index (κ1) is 19.7. The predicted molar refractivity (Wildman–Crippen MR) is 88.1 cm³/mol. The number of nitrogens with zero attached hydrogens (tertiary/aromatic N) is 1. The molecule has 0 aliphatic carbocycles. The summed E-state index contributed by atoms with van der Waals surface area (Å²) in [4.78, 5) is 14.0. The summed E-state index contributed by atoms with van der Waals surface area (Å²) in [5, 5.41) is 0.